The molecule has 2 aromatic heterocycles. The third-order valence-electron chi connectivity index (χ3n) is 4.95. The average Bonchev–Trinajstić information content (AvgIpc) is 3.11. The van der Waals surface area contributed by atoms with Gasteiger partial charge in [-0.25, -0.2) is 4.98 Å². The zero-order chi connectivity index (χ0) is 16.5. The Bertz CT molecular complexity index is 832. The summed E-state index contributed by atoms with van der Waals surface area (Å²) < 4.78 is 1.68. The largest absolute Gasteiger partial charge is 0.369 e. The van der Waals surface area contributed by atoms with Gasteiger partial charge in [0.1, 0.15) is 6.33 Å². The van der Waals surface area contributed by atoms with Crippen molar-refractivity contribution in [2.24, 2.45) is 0 Å². The molecule has 1 atom stereocenters. The number of nitrogens with two attached hydrogens (primary N) is 1. The van der Waals surface area contributed by atoms with Crippen LogP contribution in [0.5, 0.6) is 0 Å². The number of nitrogens with zero attached hydrogens (tertiary/aromatic N) is 5. The minimum absolute atomic E-state index is 0.401. The second-order valence-corrected chi connectivity index (χ2v) is 6.45. The molecular weight excluding hydrogens is 300 g/mol. The van der Waals surface area contributed by atoms with Crippen LogP contribution in [-0.4, -0.2) is 37.6 Å². The molecule has 1 saturated heterocycles. The quantitative estimate of drug-likeness (QED) is 0.802. The fourth-order valence-corrected chi connectivity index (χ4v) is 3.45. The van der Waals surface area contributed by atoms with E-state index in [9.17, 15) is 0 Å². The van der Waals surface area contributed by atoms with Crippen LogP contribution in [0.2, 0.25) is 0 Å². The molecule has 3 aromatic rings. The number of fused-ring (bicyclic) bond motifs is 1. The Morgan fingerprint density at radius 2 is 1.83 bits per heavy atom. The molecule has 0 radical (unpaired) electrons. The Balaban J connectivity index is 1.60. The molecule has 6 heteroatoms. The number of nitrogen functional groups attached to an aromatic ring is 1. The summed E-state index contributed by atoms with van der Waals surface area (Å²) in [6.45, 7) is 4.69. The topological polar surface area (TPSA) is 72.3 Å². The van der Waals surface area contributed by atoms with Gasteiger partial charge in [0.05, 0.1) is 5.69 Å². The van der Waals surface area contributed by atoms with Crippen molar-refractivity contribution in [3.63, 3.8) is 0 Å². The maximum absolute atomic E-state index is 5.98. The summed E-state index contributed by atoms with van der Waals surface area (Å²) >= 11 is 0. The molecule has 3 heterocycles. The molecule has 2 N–H and O–H groups in total. The normalized spacial score (nSPS) is 17.2. The molecule has 6 nitrogen and oxygen atoms in total. The van der Waals surface area contributed by atoms with Gasteiger partial charge in [-0.1, -0.05) is 30.7 Å². The summed E-state index contributed by atoms with van der Waals surface area (Å²) in [5, 5.41) is 7.93. The van der Waals surface area contributed by atoms with E-state index in [1.165, 1.54) is 37.9 Å². The summed E-state index contributed by atoms with van der Waals surface area (Å²) in [7, 11) is 0. The summed E-state index contributed by atoms with van der Waals surface area (Å²) in [5.74, 6) is 0.401. The van der Waals surface area contributed by atoms with Crippen LogP contribution in [0.4, 0.5) is 5.95 Å². The molecule has 1 aromatic carbocycles. The predicted molar refractivity (Wildman–Crippen MR) is 94.5 cm³/mol. The van der Waals surface area contributed by atoms with Crippen LogP contribution in [0.25, 0.3) is 16.9 Å². The molecule has 1 fully saturated rings. The number of hydrogen-bond donors (Lipinski definition) is 1. The summed E-state index contributed by atoms with van der Waals surface area (Å²) in [4.78, 5) is 7.02. The molecule has 0 spiro atoms. The first-order chi connectivity index (χ1) is 11.7. The Hall–Kier alpha value is -2.47. The fourth-order valence-electron chi connectivity index (χ4n) is 3.45. The Kier molecular flexibility index (Phi) is 3.90. The highest BCUT2D eigenvalue weighted by Gasteiger charge is 2.18. The van der Waals surface area contributed by atoms with Gasteiger partial charge in [-0.2, -0.15) is 0 Å². The minimum atomic E-state index is 0.401. The monoisotopic (exact) mass is 322 g/mol. The van der Waals surface area contributed by atoms with Gasteiger partial charge in [-0.15, -0.1) is 10.2 Å². The zero-order valence-electron chi connectivity index (χ0n) is 13.9. The molecule has 0 amide bonds. The van der Waals surface area contributed by atoms with Crippen LogP contribution in [0.15, 0.2) is 36.7 Å². The number of piperidine rings is 1. The SMILES string of the molecule is CC(c1ccc(-c2cc3nncn3c(N)n2)cc1)N1CCCCC1. The number of benzene rings is 1. The highest BCUT2D eigenvalue weighted by molar-refractivity contribution is 5.65. The molecule has 24 heavy (non-hydrogen) atoms. The molecule has 124 valence electrons. The first kappa shape index (κ1) is 15.1. The van der Waals surface area contributed by atoms with Gasteiger partial charge >= 0.3 is 0 Å². The Morgan fingerprint density at radius 1 is 1.08 bits per heavy atom. The van der Waals surface area contributed by atoms with Gasteiger partial charge < -0.3 is 5.73 Å². The van der Waals surface area contributed by atoms with Crippen molar-refractivity contribution in [1.29, 1.82) is 0 Å². The van der Waals surface area contributed by atoms with Crippen molar-refractivity contribution in [2.75, 3.05) is 18.8 Å². The van der Waals surface area contributed by atoms with E-state index in [4.69, 9.17) is 5.73 Å². The lowest BCUT2D eigenvalue weighted by Gasteiger charge is -2.32. The van der Waals surface area contributed by atoms with Gasteiger partial charge in [0, 0.05) is 17.7 Å². The average molecular weight is 322 g/mol. The number of likely N-dealkylation sites (tertiary alicyclic amines) is 1. The lowest BCUT2D eigenvalue weighted by atomic mass is 10.0. The molecule has 1 aliphatic heterocycles. The van der Waals surface area contributed by atoms with Crippen molar-refractivity contribution in [3.8, 4) is 11.3 Å². The molecule has 0 saturated carbocycles. The van der Waals surface area contributed by atoms with E-state index in [1.807, 2.05) is 6.07 Å². The third kappa shape index (κ3) is 2.73. The number of hydrogen-bond acceptors (Lipinski definition) is 5. The second-order valence-electron chi connectivity index (χ2n) is 6.45. The van der Waals surface area contributed by atoms with E-state index in [0.29, 0.717) is 17.6 Å². The minimum Gasteiger partial charge on any atom is -0.369 e. The maximum atomic E-state index is 5.98. The highest BCUT2D eigenvalue weighted by Crippen LogP contribution is 2.27. The van der Waals surface area contributed by atoms with Gasteiger partial charge in [0.15, 0.2) is 5.65 Å². The molecule has 0 bridgehead atoms. The maximum Gasteiger partial charge on any atom is 0.207 e. The van der Waals surface area contributed by atoms with Crippen molar-refractivity contribution < 1.29 is 0 Å². The standard InChI is InChI=1S/C18H22N6/c1-13(23-9-3-2-4-10-23)14-5-7-15(8-6-14)16-11-17-22-20-12-24(17)18(19)21-16/h5-8,11-13H,2-4,9-10H2,1H3,(H2,19,21). The van der Waals surface area contributed by atoms with Crippen LogP contribution in [0, 0.1) is 0 Å². The molecule has 1 unspecified atom stereocenters. The third-order valence-corrected chi connectivity index (χ3v) is 4.95. The van der Waals surface area contributed by atoms with E-state index < -0.39 is 0 Å². The van der Waals surface area contributed by atoms with Crippen LogP contribution in [-0.2, 0) is 0 Å². The molecule has 0 aliphatic carbocycles. The van der Waals surface area contributed by atoms with E-state index in [0.717, 1.165) is 11.3 Å². The first-order valence-corrected chi connectivity index (χ1v) is 8.53. The number of aromatic nitrogens is 4. The van der Waals surface area contributed by atoms with E-state index in [1.54, 1.807) is 10.7 Å². The van der Waals surface area contributed by atoms with Crippen molar-refractivity contribution in [1.82, 2.24) is 24.5 Å². The molecule has 4 rings (SSSR count). The summed E-state index contributed by atoms with van der Waals surface area (Å²) in [6.07, 6.45) is 5.55. The van der Waals surface area contributed by atoms with E-state index in [-0.39, 0.29) is 0 Å². The van der Waals surface area contributed by atoms with Crippen LogP contribution in [0.1, 0.15) is 37.8 Å². The van der Waals surface area contributed by atoms with Crippen LogP contribution >= 0.6 is 0 Å². The highest BCUT2D eigenvalue weighted by atomic mass is 15.3. The zero-order valence-corrected chi connectivity index (χ0v) is 13.9. The van der Waals surface area contributed by atoms with Gasteiger partial charge in [0.2, 0.25) is 5.95 Å². The van der Waals surface area contributed by atoms with Gasteiger partial charge in [-0.3, -0.25) is 9.30 Å². The molecule has 1 aliphatic rings. The fraction of sp³-hybridized carbons (Fsp3) is 0.389. The predicted octanol–water partition coefficient (Wildman–Crippen LogP) is 2.92. The number of rotatable bonds is 3. The number of anilines is 1. The Morgan fingerprint density at radius 3 is 2.58 bits per heavy atom. The van der Waals surface area contributed by atoms with Crippen LogP contribution in [0.3, 0.4) is 0 Å². The van der Waals surface area contributed by atoms with Crippen molar-refractivity contribution in [2.45, 2.75) is 32.2 Å². The lowest BCUT2D eigenvalue weighted by molar-refractivity contribution is 0.175. The lowest BCUT2D eigenvalue weighted by Crippen LogP contribution is -2.32. The summed E-state index contributed by atoms with van der Waals surface area (Å²) in [5.41, 5.74) is 9.90. The smallest absolute Gasteiger partial charge is 0.207 e. The molecular formula is C18H22N6. The van der Waals surface area contributed by atoms with E-state index >= 15 is 0 Å². The van der Waals surface area contributed by atoms with Crippen molar-refractivity contribution in [3.05, 3.63) is 42.2 Å². The van der Waals surface area contributed by atoms with E-state index in [2.05, 4.69) is 51.3 Å². The van der Waals surface area contributed by atoms with Gasteiger partial charge in [0.25, 0.3) is 0 Å². The first-order valence-electron chi connectivity index (χ1n) is 8.53. The van der Waals surface area contributed by atoms with Crippen molar-refractivity contribution >= 4 is 11.6 Å². The summed E-state index contributed by atoms with van der Waals surface area (Å²) in [6, 6.07) is 11.0. The van der Waals surface area contributed by atoms with Gasteiger partial charge in [-0.05, 0) is 38.4 Å². The van der Waals surface area contributed by atoms with Crippen LogP contribution < -0.4 is 5.73 Å². The second kappa shape index (κ2) is 6.20. The Labute approximate surface area is 141 Å².